The maximum absolute atomic E-state index is 12.1. The molecule has 0 fully saturated rings. The Morgan fingerprint density at radius 2 is 2.00 bits per heavy atom. The number of carbonyl (C=O) groups is 1. The van der Waals surface area contributed by atoms with Crippen molar-refractivity contribution in [3.05, 3.63) is 71.3 Å². The molecule has 3 heteroatoms. The minimum atomic E-state index is -0.0793. The third kappa shape index (κ3) is 4.32. The fraction of sp³-hybridized carbons (Fsp3) is 0.158. The average Bonchev–Trinajstić information content (AvgIpc) is 2.58. The first kappa shape index (κ1) is 15.5. The van der Waals surface area contributed by atoms with Gasteiger partial charge >= 0.3 is 0 Å². The number of carbonyl (C=O) groups excluding carboxylic acids is 1. The van der Waals surface area contributed by atoms with E-state index in [1.54, 1.807) is 48.5 Å². The van der Waals surface area contributed by atoms with Gasteiger partial charge < -0.3 is 4.74 Å². The zero-order chi connectivity index (χ0) is 15.8. The highest BCUT2D eigenvalue weighted by Crippen LogP contribution is 2.14. The molecule has 0 aromatic heterocycles. The third-order valence-electron chi connectivity index (χ3n) is 3.05. The zero-order valence-electron chi connectivity index (χ0n) is 12.5. The van der Waals surface area contributed by atoms with Gasteiger partial charge in [0.1, 0.15) is 5.75 Å². The molecule has 0 saturated carbocycles. The molecule has 0 aliphatic rings. The maximum atomic E-state index is 12.1. The van der Waals surface area contributed by atoms with E-state index in [4.69, 9.17) is 10.00 Å². The molecule has 0 radical (unpaired) electrons. The predicted molar refractivity (Wildman–Crippen MR) is 86.7 cm³/mol. The Hall–Kier alpha value is -2.86. The van der Waals surface area contributed by atoms with Crippen molar-refractivity contribution in [1.29, 1.82) is 5.26 Å². The standard InChI is InChI=1S/C19H17NO2/c1-2-12-22-18-9-7-17(8-10-18)19(21)11-6-15-4-3-5-16(13-15)14-20/h3-11,13H,2,12H2,1H3/b11-6+. The zero-order valence-corrected chi connectivity index (χ0v) is 12.5. The van der Waals surface area contributed by atoms with E-state index in [0.29, 0.717) is 17.7 Å². The summed E-state index contributed by atoms with van der Waals surface area (Å²) in [5.41, 5.74) is 2.01. The van der Waals surface area contributed by atoms with Crippen molar-refractivity contribution in [3.8, 4) is 11.8 Å². The summed E-state index contributed by atoms with van der Waals surface area (Å²) in [5, 5.41) is 8.85. The maximum Gasteiger partial charge on any atom is 0.185 e. The summed E-state index contributed by atoms with van der Waals surface area (Å²) in [6.07, 6.45) is 4.17. The minimum Gasteiger partial charge on any atom is -0.494 e. The van der Waals surface area contributed by atoms with Crippen LogP contribution in [0.4, 0.5) is 0 Å². The molecule has 0 atom stereocenters. The van der Waals surface area contributed by atoms with Crippen molar-refractivity contribution in [1.82, 2.24) is 0 Å². The summed E-state index contributed by atoms with van der Waals surface area (Å²) in [5.74, 6) is 0.688. The van der Waals surface area contributed by atoms with Gasteiger partial charge in [0.05, 0.1) is 18.2 Å². The molecule has 0 heterocycles. The van der Waals surface area contributed by atoms with Crippen LogP contribution in [-0.2, 0) is 0 Å². The van der Waals surface area contributed by atoms with Crippen LogP contribution >= 0.6 is 0 Å². The molecule has 2 aromatic carbocycles. The lowest BCUT2D eigenvalue weighted by molar-refractivity contribution is 0.104. The van der Waals surface area contributed by atoms with E-state index >= 15 is 0 Å². The summed E-state index contributed by atoms with van der Waals surface area (Å²) >= 11 is 0. The first-order valence-electron chi connectivity index (χ1n) is 7.18. The average molecular weight is 291 g/mol. The quantitative estimate of drug-likeness (QED) is 0.590. The summed E-state index contributed by atoms with van der Waals surface area (Å²) in [6.45, 7) is 2.71. The van der Waals surface area contributed by atoms with Gasteiger partial charge in [-0.1, -0.05) is 25.1 Å². The van der Waals surface area contributed by atoms with Gasteiger partial charge in [-0.05, 0) is 54.5 Å². The Morgan fingerprint density at radius 1 is 1.23 bits per heavy atom. The number of nitriles is 1. The van der Waals surface area contributed by atoms with Crippen LogP contribution in [-0.4, -0.2) is 12.4 Å². The number of ether oxygens (including phenoxy) is 1. The molecule has 2 aromatic rings. The Kier molecular flexibility index (Phi) is 5.50. The van der Waals surface area contributed by atoms with Gasteiger partial charge in [-0.2, -0.15) is 5.26 Å². The second-order valence-corrected chi connectivity index (χ2v) is 4.81. The van der Waals surface area contributed by atoms with Crippen molar-refractivity contribution in [3.63, 3.8) is 0 Å². The van der Waals surface area contributed by atoms with E-state index < -0.39 is 0 Å². The summed E-state index contributed by atoms with van der Waals surface area (Å²) < 4.78 is 5.48. The highest BCUT2D eigenvalue weighted by atomic mass is 16.5. The number of ketones is 1. The van der Waals surface area contributed by atoms with Crippen LogP contribution in [0.2, 0.25) is 0 Å². The molecule has 0 aliphatic heterocycles. The van der Waals surface area contributed by atoms with E-state index in [1.807, 2.05) is 13.0 Å². The van der Waals surface area contributed by atoms with Crippen LogP contribution in [0.25, 0.3) is 6.08 Å². The van der Waals surface area contributed by atoms with Gasteiger partial charge in [-0.15, -0.1) is 0 Å². The Labute approximate surface area is 130 Å². The summed E-state index contributed by atoms with van der Waals surface area (Å²) in [7, 11) is 0. The second kappa shape index (κ2) is 7.80. The van der Waals surface area contributed by atoms with Crippen LogP contribution < -0.4 is 4.74 Å². The van der Waals surface area contributed by atoms with Gasteiger partial charge in [-0.3, -0.25) is 4.79 Å². The fourth-order valence-electron chi connectivity index (χ4n) is 1.92. The van der Waals surface area contributed by atoms with Gasteiger partial charge in [-0.25, -0.2) is 0 Å². The second-order valence-electron chi connectivity index (χ2n) is 4.81. The third-order valence-corrected chi connectivity index (χ3v) is 3.05. The van der Waals surface area contributed by atoms with E-state index in [2.05, 4.69) is 6.07 Å². The normalized spacial score (nSPS) is 10.4. The number of hydrogen-bond donors (Lipinski definition) is 0. The molecule has 22 heavy (non-hydrogen) atoms. The topological polar surface area (TPSA) is 50.1 Å². The lowest BCUT2D eigenvalue weighted by atomic mass is 10.1. The van der Waals surface area contributed by atoms with Crippen molar-refractivity contribution >= 4 is 11.9 Å². The molecule has 3 nitrogen and oxygen atoms in total. The SMILES string of the molecule is CCCOc1ccc(C(=O)/C=C/c2cccc(C#N)c2)cc1. The molecule has 0 N–H and O–H groups in total. The molecule has 0 spiro atoms. The lowest BCUT2D eigenvalue weighted by Crippen LogP contribution is -1.97. The molecule has 0 aliphatic carbocycles. The van der Waals surface area contributed by atoms with Crippen LogP contribution in [0.15, 0.2) is 54.6 Å². The smallest absolute Gasteiger partial charge is 0.185 e. The van der Waals surface area contributed by atoms with Gasteiger partial charge in [0.2, 0.25) is 0 Å². The van der Waals surface area contributed by atoms with E-state index in [1.165, 1.54) is 6.08 Å². The van der Waals surface area contributed by atoms with Crippen LogP contribution in [0, 0.1) is 11.3 Å². The van der Waals surface area contributed by atoms with Crippen molar-refractivity contribution in [2.45, 2.75) is 13.3 Å². The molecule has 0 amide bonds. The number of rotatable bonds is 6. The number of hydrogen-bond acceptors (Lipinski definition) is 3. The van der Waals surface area contributed by atoms with E-state index in [0.717, 1.165) is 17.7 Å². The lowest BCUT2D eigenvalue weighted by Gasteiger charge is -2.04. The molecule has 0 saturated heterocycles. The van der Waals surface area contributed by atoms with E-state index in [-0.39, 0.29) is 5.78 Å². The first-order chi connectivity index (χ1) is 10.7. The largest absolute Gasteiger partial charge is 0.494 e. The Balaban J connectivity index is 2.05. The minimum absolute atomic E-state index is 0.0793. The van der Waals surface area contributed by atoms with Crippen LogP contribution in [0.5, 0.6) is 5.75 Å². The molecular weight excluding hydrogens is 274 g/mol. The molecular formula is C19H17NO2. The molecule has 0 unspecified atom stereocenters. The highest BCUT2D eigenvalue weighted by molar-refractivity contribution is 6.06. The number of nitrogens with zero attached hydrogens (tertiary/aromatic N) is 1. The van der Waals surface area contributed by atoms with Crippen molar-refractivity contribution in [2.24, 2.45) is 0 Å². The predicted octanol–water partition coefficient (Wildman–Crippen LogP) is 4.24. The number of allylic oxidation sites excluding steroid dienone is 1. The van der Waals surface area contributed by atoms with Gasteiger partial charge in [0, 0.05) is 5.56 Å². The van der Waals surface area contributed by atoms with Crippen LogP contribution in [0.1, 0.15) is 34.8 Å². The monoisotopic (exact) mass is 291 g/mol. The Bertz CT molecular complexity index is 709. The highest BCUT2D eigenvalue weighted by Gasteiger charge is 2.02. The van der Waals surface area contributed by atoms with Crippen molar-refractivity contribution in [2.75, 3.05) is 6.61 Å². The fourth-order valence-corrected chi connectivity index (χ4v) is 1.92. The molecule has 2 rings (SSSR count). The number of benzene rings is 2. The summed E-state index contributed by atoms with van der Waals surface area (Å²) in [4.78, 5) is 12.1. The van der Waals surface area contributed by atoms with Gasteiger partial charge in [0.25, 0.3) is 0 Å². The van der Waals surface area contributed by atoms with E-state index in [9.17, 15) is 4.79 Å². The summed E-state index contributed by atoms with van der Waals surface area (Å²) in [6, 6.07) is 16.3. The first-order valence-corrected chi connectivity index (χ1v) is 7.18. The Morgan fingerprint density at radius 3 is 2.68 bits per heavy atom. The van der Waals surface area contributed by atoms with Gasteiger partial charge in [0.15, 0.2) is 5.78 Å². The molecule has 110 valence electrons. The van der Waals surface area contributed by atoms with Crippen LogP contribution in [0.3, 0.4) is 0 Å². The van der Waals surface area contributed by atoms with Crippen molar-refractivity contribution < 1.29 is 9.53 Å². The molecule has 0 bridgehead atoms.